The first kappa shape index (κ1) is 19.9. The van der Waals surface area contributed by atoms with E-state index in [4.69, 9.17) is 9.47 Å². The molecule has 1 aromatic carbocycles. The van der Waals surface area contributed by atoms with Crippen LogP contribution in [0.15, 0.2) is 59.5 Å². The number of benzene rings is 1. The van der Waals surface area contributed by atoms with Crippen LogP contribution in [0.25, 0.3) is 0 Å². The molecular weight excluding hydrogens is 354 g/mol. The molecule has 0 saturated carbocycles. The lowest BCUT2D eigenvalue weighted by molar-refractivity contribution is -0.138. The minimum atomic E-state index is -0.520. The molecule has 1 heterocycles. The molecule has 5 heteroatoms. The van der Waals surface area contributed by atoms with E-state index in [1.807, 2.05) is 31.2 Å². The van der Waals surface area contributed by atoms with E-state index >= 15 is 0 Å². The van der Waals surface area contributed by atoms with Gasteiger partial charge in [-0.2, -0.15) is 0 Å². The number of rotatable bonds is 5. The van der Waals surface area contributed by atoms with E-state index in [0.717, 1.165) is 17.7 Å². The van der Waals surface area contributed by atoms with Crippen molar-refractivity contribution in [1.82, 2.24) is 5.32 Å². The van der Waals surface area contributed by atoms with Gasteiger partial charge in [0.25, 0.3) is 0 Å². The monoisotopic (exact) mass is 381 g/mol. The second-order valence-electron chi connectivity index (χ2n) is 8.06. The molecule has 0 radical (unpaired) electrons. The Labute approximate surface area is 166 Å². The number of ether oxygens (including phenoxy) is 2. The van der Waals surface area contributed by atoms with Crippen molar-refractivity contribution in [3.05, 3.63) is 65.0 Å². The van der Waals surface area contributed by atoms with Gasteiger partial charge in [-0.05, 0) is 24.8 Å². The zero-order chi connectivity index (χ0) is 20.5. The van der Waals surface area contributed by atoms with Crippen molar-refractivity contribution in [2.24, 2.45) is 5.41 Å². The molecule has 1 aromatic rings. The van der Waals surface area contributed by atoms with Crippen LogP contribution in [0.3, 0.4) is 0 Å². The summed E-state index contributed by atoms with van der Waals surface area (Å²) in [5.74, 6) is -0.282. The summed E-state index contributed by atoms with van der Waals surface area (Å²) in [5, 5.41) is 3.32. The van der Waals surface area contributed by atoms with Crippen LogP contribution in [-0.4, -0.2) is 25.5 Å². The van der Waals surface area contributed by atoms with Gasteiger partial charge in [0.15, 0.2) is 5.78 Å². The molecule has 0 spiro atoms. The predicted molar refractivity (Wildman–Crippen MR) is 108 cm³/mol. The Kier molecular flexibility index (Phi) is 5.45. The summed E-state index contributed by atoms with van der Waals surface area (Å²) in [4.78, 5) is 26.1. The summed E-state index contributed by atoms with van der Waals surface area (Å²) in [6.45, 7) is 9.73. The van der Waals surface area contributed by atoms with E-state index in [0.29, 0.717) is 29.0 Å². The quantitative estimate of drug-likeness (QED) is 0.616. The van der Waals surface area contributed by atoms with Crippen LogP contribution < -0.4 is 10.1 Å². The second kappa shape index (κ2) is 7.66. The highest BCUT2D eigenvalue weighted by Crippen LogP contribution is 2.48. The number of nitrogens with one attached hydrogen (secondary N) is 1. The molecule has 1 aliphatic heterocycles. The first-order valence-corrected chi connectivity index (χ1v) is 9.44. The third kappa shape index (κ3) is 3.61. The van der Waals surface area contributed by atoms with Crippen molar-refractivity contribution >= 4 is 11.8 Å². The normalized spacial score (nSPS) is 21.0. The number of carbonyl (C=O) groups is 2. The first-order chi connectivity index (χ1) is 13.3. The fraction of sp³-hybridized carbons (Fsp3) is 0.391. The summed E-state index contributed by atoms with van der Waals surface area (Å²) in [7, 11) is 1.59. The molecule has 0 saturated heterocycles. The Bertz CT molecular complexity index is 892. The van der Waals surface area contributed by atoms with Crippen molar-refractivity contribution < 1.29 is 19.1 Å². The molecule has 0 unspecified atom stereocenters. The van der Waals surface area contributed by atoms with E-state index in [1.165, 1.54) is 6.08 Å². The Morgan fingerprint density at radius 1 is 1.32 bits per heavy atom. The van der Waals surface area contributed by atoms with Gasteiger partial charge in [-0.3, -0.25) is 4.79 Å². The molecule has 0 bridgehead atoms. The van der Waals surface area contributed by atoms with E-state index in [-0.39, 0.29) is 17.8 Å². The third-order valence-corrected chi connectivity index (χ3v) is 5.24. The lowest BCUT2D eigenvalue weighted by Gasteiger charge is -2.39. The van der Waals surface area contributed by atoms with Crippen LogP contribution >= 0.6 is 0 Å². The smallest absolute Gasteiger partial charge is 0.337 e. The molecule has 1 atom stereocenters. The van der Waals surface area contributed by atoms with Gasteiger partial charge < -0.3 is 14.8 Å². The molecule has 0 fully saturated rings. The number of hydrogen-bond donors (Lipinski definition) is 1. The highest BCUT2D eigenvalue weighted by Gasteiger charge is 2.43. The number of dihydropyridines is 1. The van der Waals surface area contributed by atoms with Crippen molar-refractivity contribution in [1.29, 1.82) is 0 Å². The largest absolute Gasteiger partial charge is 0.496 e. The van der Waals surface area contributed by atoms with Crippen molar-refractivity contribution in [3.8, 4) is 5.75 Å². The summed E-state index contributed by atoms with van der Waals surface area (Å²) >= 11 is 0. The highest BCUT2D eigenvalue weighted by molar-refractivity contribution is 6.04. The predicted octanol–water partition coefficient (Wildman–Crippen LogP) is 4.03. The van der Waals surface area contributed by atoms with Crippen LogP contribution in [0.4, 0.5) is 0 Å². The summed E-state index contributed by atoms with van der Waals surface area (Å²) in [6.07, 6.45) is 2.71. The maximum absolute atomic E-state index is 13.2. The zero-order valence-corrected chi connectivity index (χ0v) is 16.9. The van der Waals surface area contributed by atoms with E-state index < -0.39 is 11.9 Å². The van der Waals surface area contributed by atoms with Gasteiger partial charge in [-0.15, -0.1) is 0 Å². The Morgan fingerprint density at radius 3 is 2.71 bits per heavy atom. The average Bonchev–Trinajstić information content (AvgIpc) is 2.63. The molecular formula is C23H27NO4. The molecule has 5 nitrogen and oxygen atoms in total. The van der Waals surface area contributed by atoms with E-state index in [2.05, 4.69) is 25.7 Å². The topological polar surface area (TPSA) is 64.6 Å². The maximum Gasteiger partial charge on any atom is 0.337 e. The Hall–Kier alpha value is -2.82. The number of ketones is 1. The average molecular weight is 381 g/mol. The lowest BCUT2D eigenvalue weighted by Crippen LogP contribution is -2.38. The number of hydrogen-bond acceptors (Lipinski definition) is 5. The number of allylic oxidation sites excluding steroid dienone is 3. The summed E-state index contributed by atoms with van der Waals surface area (Å²) in [6, 6.07) is 7.51. The van der Waals surface area contributed by atoms with E-state index in [1.54, 1.807) is 7.11 Å². The Morgan fingerprint density at radius 2 is 2.04 bits per heavy atom. The molecule has 1 aliphatic carbocycles. The van der Waals surface area contributed by atoms with Crippen LogP contribution in [0.2, 0.25) is 0 Å². The molecule has 0 amide bonds. The molecule has 2 aliphatic rings. The van der Waals surface area contributed by atoms with Crippen LogP contribution in [-0.2, 0) is 14.3 Å². The van der Waals surface area contributed by atoms with Gasteiger partial charge in [0.05, 0.1) is 18.6 Å². The van der Waals surface area contributed by atoms with Gasteiger partial charge in [0.2, 0.25) is 0 Å². The molecule has 148 valence electrons. The maximum atomic E-state index is 13.2. The Balaban J connectivity index is 2.19. The fourth-order valence-corrected chi connectivity index (χ4v) is 4.13. The van der Waals surface area contributed by atoms with Crippen molar-refractivity contribution in [3.63, 3.8) is 0 Å². The minimum absolute atomic E-state index is 0.0520. The zero-order valence-electron chi connectivity index (χ0n) is 16.9. The van der Waals surface area contributed by atoms with Crippen LogP contribution in [0.5, 0.6) is 5.75 Å². The number of carbonyl (C=O) groups excluding carboxylic acids is 2. The standard InChI is InChI=1S/C23H27NO4/c1-6-11-28-22(26)19-14(2)24-16-12-23(3,4)13-17(25)21(16)20(19)15-9-7-8-10-18(15)27-5/h6-10,20,24H,1,11-13H2,2-5H3/t20-/m0/s1. The summed E-state index contributed by atoms with van der Waals surface area (Å²) in [5.41, 5.74) is 3.33. The number of Topliss-reactive ketones (excluding diaryl/α,β-unsaturated/α-hetero) is 1. The third-order valence-electron chi connectivity index (χ3n) is 5.24. The molecule has 0 aromatic heterocycles. The second-order valence-corrected chi connectivity index (χ2v) is 8.06. The fourth-order valence-electron chi connectivity index (χ4n) is 4.13. The first-order valence-electron chi connectivity index (χ1n) is 9.44. The van der Waals surface area contributed by atoms with Crippen molar-refractivity contribution in [2.45, 2.75) is 39.5 Å². The lowest BCUT2D eigenvalue weighted by atomic mass is 9.68. The van der Waals surface area contributed by atoms with Gasteiger partial charge in [-0.1, -0.05) is 44.7 Å². The molecule has 28 heavy (non-hydrogen) atoms. The van der Waals surface area contributed by atoms with E-state index in [9.17, 15) is 9.59 Å². The van der Waals surface area contributed by atoms with Gasteiger partial charge >= 0.3 is 5.97 Å². The van der Waals surface area contributed by atoms with Gasteiger partial charge in [0, 0.05) is 29.0 Å². The van der Waals surface area contributed by atoms with Crippen LogP contribution in [0, 0.1) is 5.41 Å². The minimum Gasteiger partial charge on any atom is -0.496 e. The highest BCUT2D eigenvalue weighted by atomic mass is 16.5. The SMILES string of the molecule is C=CCOC(=O)C1=C(C)NC2=C(C(=O)CC(C)(C)C2)[C@H]1c1ccccc1OC. The van der Waals surface area contributed by atoms with Gasteiger partial charge in [-0.25, -0.2) is 4.79 Å². The van der Waals surface area contributed by atoms with Crippen LogP contribution in [0.1, 0.15) is 45.1 Å². The van der Waals surface area contributed by atoms with Crippen molar-refractivity contribution in [2.75, 3.05) is 13.7 Å². The number of esters is 1. The number of methoxy groups -OCH3 is 1. The molecule has 1 N–H and O–H groups in total. The molecule has 3 rings (SSSR count). The van der Waals surface area contributed by atoms with Gasteiger partial charge in [0.1, 0.15) is 12.4 Å². The summed E-state index contributed by atoms with van der Waals surface area (Å²) < 4.78 is 10.9. The number of para-hydroxylation sites is 1.